The van der Waals surface area contributed by atoms with Crippen LogP contribution in [0.4, 0.5) is 0 Å². The monoisotopic (exact) mass is 288 g/mol. The van der Waals surface area contributed by atoms with E-state index in [4.69, 9.17) is 10.5 Å². The molecule has 1 aromatic heterocycles. The molecule has 0 bridgehead atoms. The number of amides is 1. The number of nitrogens with zero attached hydrogens (tertiary/aromatic N) is 3. The second-order valence-electron chi connectivity index (χ2n) is 4.65. The Hall–Kier alpha value is -1.11. The van der Waals surface area contributed by atoms with Gasteiger partial charge in [0.1, 0.15) is 0 Å². The summed E-state index contributed by atoms with van der Waals surface area (Å²) in [6, 6.07) is 0. The van der Waals surface area contributed by atoms with E-state index in [2.05, 4.69) is 5.10 Å². The molecule has 2 N–H and O–H groups in total. The highest BCUT2D eigenvalue weighted by molar-refractivity contribution is 5.96. The third-order valence-corrected chi connectivity index (χ3v) is 3.41. The lowest BCUT2D eigenvalue weighted by Gasteiger charge is -2.32. The fourth-order valence-corrected chi connectivity index (χ4v) is 2.29. The molecule has 1 unspecified atom stereocenters. The number of carbonyl (C=O) groups excluding carboxylic acids is 1. The molecular formula is C12H21ClN4O2. The van der Waals surface area contributed by atoms with Crippen molar-refractivity contribution in [2.45, 2.75) is 20.0 Å². The summed E-state index contributed by atoms with van der Waals surface area (Å²) in [6.45, 7) is 5.93. The van der Waals surface area contributed by atoms with E-state index in [1.165, 1.54) is 0 Å². The smallest absolute Gasteiger partial charge is 0.257 e. The SMILES string of the molecule is Cc1nn(C)c(C)c1C(=O)N1CCOC(CN)C1.Cl. The van der Waals surface area contributed by atoms with Crippen LogP contribution in [0.5, 0.6) is 0 Å². The number of carbonyl (C=O) groups is 1. The van der Waals surface area contributed by atoms with Crippen LogP contribution < -0.4 is 5.73 Å². The highest BCUT2D eigenvalue weighted by atomic mass is 35.5. The van der Waals surface area contributed by atoms with Crippen molar-refractivity contribution in [1.82, 2.24) is 14.7 Å². The van der Waals surface area contributed by atoms with Gasteiger partial charge >= 0.3 is 0 Å². The maximum atomic E-state index is 12.5. The van der Waals surface area contributed by atoms with E-state index in [0.717, 1.165) is 11.4 Å². The molecule has 0 radical (unpaired) electrons. The average Bonchev–Trinajstić information content (AvgIpc) is 2.62. The van der Waals surface area contributed by atoms with Crippen LogP contribution in [-0.4, -0.2) is 52.9 Å². The van der Waals surface area contributed by atoms with Crippen molar-refractivity contribution in [3.8, 4) is 0 Å². The molecule has 6 nitrogen and oxygen atoms in total. The van der Waals surface area contributed by atoms with Crippen LogP contribution in [0.25, 0.3) is 0 Å². The van der Waals surface area contributed by atoms with Gasteiger partial charge in [0, 0.05) is 32.4 Å². The Morgan fingerprint density at radius 1 is 1.53 bits per heavy atom. The summed E-state index contributed by atoms with van der Waals surface area (Å²) in [6.07, 6.45) is -0.0556. The Balaban J connectivity index is 0.00000180. The molecule has 1 fully saturated rings. The molecule has 1 amide bonds. The lowest BCUT2D eigenvalue weighted by atomic mass is 10.1. The topological polar surface area (TPSA) is 73.4 Å². The number of nitrogens with two attached hydrogens (primary N) is 1. The number of halogens is 1. The highest BCUT2D eigenvalue weighted by Crippen LogP contribution is 2.16. The number of morpholine rings is 1. The van der Waals surface area contributed by atoms with E-state index >= 15 is 0 Å². The number of aromatic nitrogens is 2. The van der Waals surface area contributed by atoms with E-state index < -0.39 is 0 Å². The van der Waals surface area contributed by atoms with Gasteiger partial charge in [0.05, 0.1) is 24.0 Å². The van der Waals surface area contributed by atoms with Gasteiger partial charge in [-0.3, -0.25) is 9.48 Å². The number of hydrogen-bond acceptors (Lipinski definition) is 4. The van der Waals surface area contributed by atoms with Crippen molar-refractivity contribution in [3.63, 3.8) is 0 Å². The fourth-order valence-electron chi connectivity index (χ4n) is 2.29. The molecule has 7 heteroatoms. The number of hydrogen-bond donors (Lipinski definition) is 1. The zero-order valence-corrected chi connectivity index (χ0v) is 12.4. The van der Waals surface area contributed by atoms with Gasteiger partial charge in [0.2, 0.25) is 0 Å². The first kappa shape index (κ1) is 15.9. The van der Waals surface area contributed by atoms with Crippen LogP contribution in [0.3, 0.4) is 0 Å². The van der Waals surface area contributed by atoms with Gasteiger partial charge in [-0.25, -0.2) is 0 Å². The zero-order valence-electron chi connectivity index (χ0n) is 11.5. The molecule has 0 spiro atoms. The Morgan fingerprint density at radius 3 is 2.74 bits per heavy atom. The van der Waals surface area contributed by atoms with E-state index in [1.54, 1.807) is 9.58 Å². The number of aryl methyl sites for hydroxylation is 2. The predicted octanol–water partition coefficient (Wildman–Crippen LogP) is 0.258. The van der Waals surface area contributed by atoms with Gasteiger partial charge in [-0.15, -0.1) is 12.4 Å². The van der Waals surface area contributed by atoms with Crippen molar-refractivity contribution in [3.05, 3.63) is 17.0 Å². The molecule has 0 saturated carbocycles. The summed E-state index contributed by atoms with van der Waals surface area (Å²) in [5.41, 5.74) is 7.96. The molecule has 108 valence electrons. The first-order valence-corrected chi connectivity index (χ1v) is 6.15. The van der Waals surface area contributed by atoms with Crippen molar-refractivity contribution in [1.29, 1.82) is 0 Å². The number of rotatable bonds is 2. The molecule has 1 saturated heterocycles. The summed E-state index contributed by atoms with van der Waals surface area (Å²) < 4.78 is 7.21. The quantitative estimate of drug-likeness (QED) is 0.847. The summed E-state index contributed by atoms with van der Waals surface area (Å²) >= 11 is 0. The van der Waals surface area contributed by atoms with Crippen LogP contribution in [-0.2, 0) is 11.8 Å². The van der Waals surface area contributed by atoms with E-state index in [0.29, 0.717) is 31.8 Å². The molecule has 19 heavy (non-hydrogen) atoms. The van der Waals surface area contributed by atoms with Gasteiger partial charge in [0.15, 0.2) is 0 Å². The molecule has 0 aliphatic carbocycles. The Labute approximate surface area is 119 Å². The number of ether oxygens (including phenoxy) is 1. The third-order valence-electron chi connectivity index (χ3n) is 3.41. The van der Waals surface area contributed by atoms with Gasteiger partial charge in [-0.05, 0) is 13.8 Å². The Morgan fingerprint density at radius 2 is 2.21 bits per heavy atom. The van der Waals surface area contributed by atoms with Gasteiger partial charge in [-0.2, -0.15) is 5.10 Å². The first-order chi connectivity index (χ1) is 8.54. The summed E-state index contributed by atoms with van der Waals surface area (Å²) in [7, 11) is 1.85. The van der Waals surface area contributed by atoms with E-state index in [-0.39, 0.29) is 24.4 Å². The molecular weight excluding hydrogens is 268 g/mol. The van der Waals surface area contributed by atoms with Crippen molar-refractivity contribution in [2.24, 2.45) is 12.8 Å². The summed E-state index contributed by atoms with van der Waals surface area (Å²) in [4.78, 5) is 14.3. The summed E-state index contributed by atoms with van der Waals surface area (Å²) in [5, 5.41) is 4.28. The largest absolute Gasteiger partial charge is 0.373 e. The average molecular weight is 289 g/mol. The Bertz CT molecular complexity index is 461. The first-order valence-electron chi connectivity index (χ1n) is 6.15. The third kappa shape index (κ3) is 3.08. The lowest BCUT2D eigenvalue weighted by molar-refractivity contribution is -0.0168. The molecule has 2 rings (SSSR count). The second kappa shape index (κ2) is 6.36. The minimum absolute atomic E-state index is 0. The standard InChI is InChI=1S/C12H20N4O2.ClH/c1-8-11(9(2)15(3)14-8)12(17)16-4-5-18-10(6-13)7-16;/h10H,4-7,13H2,1-3H3;1H. The predicted molar refractivity (Wildman–Crippen MR) is 74.6 cm³/mol. The zero-order chi connectivity index (χ0) is 13.3. The molecule has 1 atom stereocenters. The van der Waals surface area contributed by atoms with Crippen molar-refractivity contribution in [2.75, 3.05) is 26.2 Å². The van der Waals surface area contributed by atoms with Crippen molar-refractivity contribution >= 4 is 18.3 Å². The van der Waals surface area contributed by atoms with Gasteiger partial charge in [-0.1, -0.05) is 0 Å². The summed E-state index contributed by atoms with van der Waals surface area (Å²) in [5.74, 6) is 0.0276. The van der Waals surface area contributed by atoms with Crippen molar-refractivity contribution < 1.29 is 9.53 Å². The lowest BCUT2D eigenvalue weighted by Crippen LogP contribution is -2.48. The minimum atomic E-state index is -0.0556. The molecule has 1 aromatic rings. The maximum Gasteiger partial charge on any atom is 0.257 e. The van der Waals surface area contributed by atoms with Crippen LogP contribution in [0, 0.1) is 13.8 Å². The van der Waals surface area contributed by atoms with E-state index in [1.807, 2.05) is 20.9 Å². The van der Waals surface area contributed by atoms with Crippen LogP contribution in [0.2, 0.25) is 0 Å². The fraction of sp³-hybridized carbons (Fsp3) is 0.667. The van der Waals surface area contributed by atoms with Crippen LogP contribution in [0.15, 0.2) is 0 Å². The highest BCUT2D eigenvalue weighted by Gasteiger charge is 2.27. The second-order valence-corrected chi connectivity index (χ2v) is 4.65. The van der Waals surface area contributed by atoms with E-state index in [9.17, 15) is 4.79 Å². The molecule has 1 aliphatic heterocycles. The molecule has 2 heterocycles. The Kier molecular flexibility index (Phi) is 5.34. The molecule has 1 aliphatic rings. The van der Waals surface area contributed by atoms with Crippen LogP contribution in [0.1, 0.15) is 21.7 Å². The normalized spacial score (nSPS) is 19.2. The maximum absolute atomic E-state index is 12.5. The minimum Gasteiger partial charge on any atom is -0.373 e. The van der Waals surface area contributed by atoms with Crippen LogP contribution >= 0.6 is 12.4 Å². The van der Waals surface area contributed by atoms with Gasteiger partial charge in [0.25, 0.3) is 5.91 Å². The van der Waals surface area contributed by atoms with Gasteiger partial charge < -0.3 is 15.4 Å². The molecule has 0 aromatic carbocycles.